The molecule has 2 rings (SSSR count). The first kappa shape index (κ1) is 13.1. The Kier molecular flexibility index (Phi) is 4.38. The molecule has 2 aromatic rings. The van der Waals surface area contributed by atoms with Crippen molar-refractivity contribution in [2.24, 2.45) is 0 Å². The van der Waals surface area contributed by atoms with Gasteiger partial charge in [-0.3, -0.25) is 5.10 Å². The SMILES string of the molecule is COc1ccc(CNC(C)c2cn[nH]c2)cc1Br. The van der Waals surface area contributed by atoms with Crippen molar-refractivity contribution < 1.29 is 4.74 Å². The van der Waals surface area contributed by atoms with Gasteiger partial charge in [-0.2, -0.15) is 5.10 Å². The number of hydrogen-bond acceptors (Lipinski definition) is 3. The molecule has 0 fully saturated rings. The average molecular weight is 310 g/mol. The molecule has 1 aromatic carbocycles. The Morgan fingerprint density at radius 1 is 1.50 bits per heavy atom. The number of hydrogen-bond donors (Lipinski definition) is 2. The first-order valence-corrected chi connectivity index (χ1v) is 6.54. The lowest BCUT2D eigenvalue weighted by atomic mass is 10.1. The van der Waals surface area contributed by atoms with Crippen LogP contribution in [0.1, 0.15) is 24.1 Å². The fraction of sp³-hybridized carbons (Fsp3) is 0.308. The number of rotatable bonds is 5. The molecule has 0 aliphatic carbocycles. The molecule has 4 nitrogen and oxygen atoms in total. The van der Waals surface area contributed by atoms with Crippen LogP contribution in [-0.4, -0.2) is 17.3 Å². The molecule has 0 saturated carbocycles. The standard InChI is InChI=1S/C13H16BrN3O/c1-9(11-7-16-17-8-11)15-6-10-3-4-13(18-2)12(14)5-10/h3-5,7-9,15H,6H2,1-2H3,(H,16,17). The van der Waals surface area contributed by atoms with Crippen molar-refractivity contribution in [2.75, 3.05) is 7.11 Å². The van der Waals surface area contributed by atoms with Gasteiger partial charge in [0.15, 0.2) is 0 Å². The van der Waals surface area contributed by atoms with Crippen LogP contribution in [0.3, 0.4) is 0 Å². The summed E-state index contributed by atoms with van der Waals surface area (Å²) in [6.07, 6.45) is 3.74. The number of nitrogens with one attached hydrogen (secondary N) is 2. The molecule has 0 bridgehead atoms. The average Bonchev–Trinajstić information content (AvgIpc) is 2.90. The smallest absolute Gasteiger partial charge is 0.133 e. The van der Waals surface area contributed by atoms with Crippen molar-refractivity contribution in [3.05, 3.63) is 46.2 Å². The molecule has 0 spiro atoms. The third-order valence-corrected chi connectivity index (χ3v) is 3.47. The Bertz CT molecular complexity index is 499. The molecule has 5 heteroatoms. The van der Waals surface area contributed by atoms with Crippen molar-refractivity contribution in [3.8, 4) is 5.75 Å². The van der Waals surface area contributed by atoms with E-state index in [4.69, 9.17) is 4.74 Å². The number of nitrogens with zero attached hydrogens (tertiary/aromatic N) is 1. The second-order valence-electron chi connectivity index (χ2n) is 4.10. The quantitative estimate of drug-likeness (QED) is 0.892. The van der Waals surface area contributed by atoms with Crippen LogP contribution in [0.25, 0.3) is 0 Å². The van der Waals surface area contributed by atoms with Gasteiger partial charge >= 0.3 is 0 Å². The lowest BCUT2D eigenvalue weighted by molar-refractivity contribution is 0.412. The van der Waals surface area contributed by atoms with Gasteiger partial charge in [-0.15, -0.1) is 0 Å². The van der Waals surface area contributed by atoms with Gasteiger partial charge in [0, 0.05) is 24.3 Å². The fourth-order valence-corrected chi connectivity index (χ4v) is 2.29. The van der Waals surface area contributed by atoms with Gasteiger partial charge in [0.2, 0.25) is 0 Å². The van der Waals surface area contributed by atoms with Crippen LogP contribution in [0, 0.1) is 0 Å². The van der Waals surface area contributed by atoms with Gasteiger partial charge in [-0.05, 0) is 40.5 Å². The van der Waals surface area contributed by atoms with E-state index in [0.717, 1.165) is 22.3 Å². The Labute approximate surface area is 115 Å². The zero-order valence-electron chi connectivity index (χ0n) is 10.4. The first-order chi connectivity index (χ1) is 8.70. The van der Waals surface area contributed by atoms with Crippen LogP contribution in [-0.2, 0) is 6.54 Å². The second kappa shape index (κ2) is 6.02. The molecule has 0 aliphatic heterocycles. The number of aromatic nitrogens is 2. The maximum absolute atomic E-state index is 5.20. The summed E-state index contributed by atoms with van der Waals surface area (Å²) in [6.45, 7) is 2.92. The lowest BCUT2D eigenvalue weighted by Crippen LogP contribution is -2.17. The van der Waals surface area contributed by atoms with Gasteiger partial charge in [0.05, 0.1) is 17.8 Å². The molecule has 0 radical (unpaired) electrons. The minimum Gasteiger partial charge on any atom is -0.496 e. The third kappa shape index (κ3) is 3.11. The molecule has 1 unspecified atom stereocenters. The van der Waals surface area contributed by atoms with E-state index in [1.807, 2.05) is 18.5 Å². The number of halogens is 1. The van der Waals surface area contributed by atoms with E-state index in [1.165, 1.54) is 5.56 Å². The zero-order chi connectivity index (χ0) is 13.0. The fourth-order valence-electron chi connectivity index (χ4n) is 1.71. The third-order valence-electron chi connectivity index (χ3n) is 2.85. The van der Waals surface area contributed by atoms with E-state index in [1.54, 1.807) is 7.11 Å². The second-order valence-corrected chi connectivity index (χ2v) is 4.96. The molecule has 1 aromatic heterocycles. The van der Waals surface area contributed by atoms with E-state index < -0.39 is 0 Å². The molecule has 2 N–H and O–H groups in total. The number of benzene rings is 1. The highest BCUT2D eigenvalue weighted by molar-refractivity contribution is 9.10. The highest BCUT2D eigenvalue weighted by atomic mass is 79.9. The summed E-state index contributed by atoms with van der Waals surface area (Å²) in [4.78, 5) is 0. The molecular weight excluding hydrogens is 294 g/mol. The molecule has 1 atom stereocenters. The van der Waals surface area contributed by atoms with Crippen LogP contribution in [0.15, 0.2) is 35.1 Å². The van der Waals surface area contributed by atoms with Crippen LogP contribution in [0.5, 0.6) is 5.75 Å². The van der Waals surface area contributed by atoms with Crippen LogP contribution in [0.4, 0.5) is 0 Å². The van der Waals surface area contributed by atoms with Crippen molar-refractivity contribution in [1.82, 2.24) is 15.5 Å². The van der Waals surface area contributed by atoms with Crippen LogP contribution >= 0.6 is 15.9 Å². The predicted octanol–water partition coefficient (Wildman–Crippen LogP) is 3.03. The summed E-state index contributed by atoms with van der Waals surface area (Å²) in [6, 6.07) is 6.35. The minimum atomic E-state index is 0.268. The van der Waals surface area contributed by atoms with Gasteiger partial charge in [-0.1, -0.05) is 6.07 Å². The maximum atomic E-state index is 5.20. The highest BCUT2D eigenvalue weighted by Crippen LogP contribution is 2.25. The van der Waals surface area contributed by atoms with Crippen molar-refractivity contribution >= 4 is 15.9 Å². The summed E-state index contributed by atoms with van der Waals surface area (Å²) >= 11 is 3.49. The van der Waals surface area contributed by atoms with Crippen molar-refractivity contribution in [3.63, 3.8) is 0 Å². The summed E-state index contributed by atoms with van der Waals surface area (Å²) in [5.74, 6) is 0.849. The topological polar surface area (TPSA) is 49.9 Å². The zero-order valence-corrected chi connectivity index (χ0v) is 12.0. The molecule has 0 saturated heterocycles. The summed E-state index contributed by atoms with van der Waals surface area (Å²) in [5.41, 5.74) is 2.36. The molecule has 0 aliphatic rings. The number of H-pyrrole nitrogens is 1. The van der Waals surface area contributed by atoms with E-state index in [9.17, 15) is 0 Å². The maximum Gasteiger partial charge on any atom is 0.133 e. The van der Waals surface area contributed by atoms with E-state index >= 15 is 0 Å². The first-order valence-electron chi connectivity index (χ1n) is 5.75. The molecular formula is C13H16BrN3O. The highest BCUT2D eigenvalue weighted by Gasteiger charge is 2.06. The van der Waals surface area contributed by atoms with E-state index in [-0.39, 0.29) is 6.04 Å². The van der Waals surface area contributed by atoms with Gasteiger partial charge < -0.3 is 10.1 Å². The molecule has 0 amide bonds. The number of ether oxygens (including phenoxy) is 1. The number of aromatic amines is 1. The van der Waals surface area contributed by atoms with Gasteiger partial charge in [-0.25, -0.2) is 0 Å². The monoisotopic (exact) mass is 309 g/mol. The van der Waals surface area contributed by atoms with Crippen molar-refractivity contribution in [2.45, 2.75) is 19.5 Å². The van der Waals surface area contributed by atoms with Crippen LogP contribution in [0.2, 0.25) is 0 Å². The Morgan fingerprint density at radius 3 is 2.94 bits per heavy atom. The normalized spacial score (nSPS) is 12.4. The minimum absolute atomic E-state index is 0.268. The molecule has 96 valence electrons. The van der Waals surface area contributed by atoms with Gasteiger partial charge in [0.1, 0.15) is 5.75 Å². The predicted molar refractivity (Wildman–Crippen MR) is 74.5 cm³/mol. The van der Waals surface area contributed by atoms with Crippen LogP contribution < -0.4 is 10.1 Å². The number of methoxy groups -OCH3 is 1. The largest absolute Gasteiger partial charge is 0.496 e. The summed E-state index contributed by atoms with van der Waals surface area (Å²) < 4.78 is 6.18. The van der Waals surface area contributed by atoms with Gasteiger partial charge in [0.25, 0.3) is 0 Å². The summed E-state index contributed by atoms with van der Waals surface area (Å²) in [5, 5.41) is 10.2. The van der Waals surface area contributed by atoms with Crippen molar-refractivity contribution in [1.29, 1.82) is 0 Å². The van der Waals surface area contributed by atoms with E-state index in [0.29, 0.717) is 0 Å². The Balaban J connectivity index is 1.96. The molecule has 1 heterocycles. The Hall–Kier alpha value is -1.33. The Morgan fingerprint density at radius 2 is 2.33 bits per heavy atom. The summed E-state index contributed by atoms with van der Waals surface area (Å²) in [7, 11) is 1.67. The molecule has 18 heavy (non-hydrogen) atoms. The lowest BCUT2D eigenvalue weighted by Gasteiger charge is -2.12. The van der Waals surface area contributed by atoms with E-state index in [2.05, 4.69) is 50.5 Å².